The Hall–Kier alpha value is -1.68. The van der Waals surface area contributed by atoms with Crippen LogP contribution in [0.25, 0.3) is 5.69 Å². The van der Waals surface area contributed by atoms with E-state index in [1.165, 1.54) is 25.7 Å². The van der Waals surface area contributed by atoms with E-state index in [0.717, 1.165) is 17.9 Å². The van der Waals surface area contributed by atoms with Crippen LogP contribution in [0.3, 0.4) is 0 Å². The Morgan fingerprint density at radius 1 is 1.24 bits per heavy atom. The highest BCUT2D eigenvalue weighted by Gasteiger charge is 2.31. The summed E-state index contributed by atoms with van der Waals surface area (Å²) in [5.74, 6) is 0. The summed E-state index contributed by atoms with van der Waals surface area (Å²) in [6.07, 6.45) is 7.12. The molecule has 0 amide bonds. The molecule has 1 unspecified atom stereocenters. The quantitative estimate of drug-likeness (QED) is 0.936. The summed E-state index contributed by atoms with van der Waals surface area (Å²) in [4.78, 5) is 1.70. The molecule has 1 saturated carbocycles. The summed E-state index contributed by atoms with van der Waals surface area (Å²) in [7, 11) is 0. The van der Waals surface area contributed by atoms with Crippen molar-refractivity contribution in [2.45, 2.75) is 52.1 Å². The molecule has 1 aliphatic carbocycles. The first-order chi connectivity index (χ1) is 10.1. The van der Waals surface area contributed by atoms with Gasteiger partial charge in [0.15, 0.2) is 0 Å². The lowest BCUT2D eigenvalue weighted by Gasteiger charge is -2.39. The molecule has 0 bridgehead atoms. The van der Waals surface area contributed by atoms with Crippen molar-refractivity contribution in [2.24, 2.45) is 5.41 Å². The Balaban J connectivity index is 1.63. The maximum absolute atomic E-state index is 4.56. The number of nitrogens with one attached hydrogen (secondary N) is 1. The zero-order chi connectivity index (χ0) is 14.7. The molecule has 0 saturated heterocycles. The van der Waals surface area contributed by atoms with Crippen LogP contribution in [0.2, 0.25) is 0 Å². The maximum Gasteiger partial charge on any atom is 0.0969 e. The maximum atomic E-state index is 4.56. The molecule has 4 heteroatoms. The van der Waals surface area contributed by atoms with Gasteiger partial charge in [-0.3, -0.25) is 0 Å². The second-order valence-corrected chi connectivity index (χ2v) is 6.63. The first-order valence-electron chi connectivity index (χ1n) is 7.85. The first kappa shape index (κ1) is 14.3. The van der Waals surface area contributed by atoms with Gasteiger partial charge in [-0.2, -0.15) is 15.0 Å². The van der Waals surface area contributed by atoms with E-state index in [1.54, 1.807) is 4.80 Å². The van der Waals surface area contributed by atoms with Crippen LogP contribution < -0.4 is 5.32 Å². The van der Waals surface area contributed by atoms with Gasteiger partial charge in [0, 0.05) is 12.6 Å². The summed E-state index contributed by atoms with van der Waals surface area (Å²) in [5.41, 5.74) is 2.38. The smallest absolute Gasteiger partial charge is 0.0969 e. The number of para-hydroxylation sites is 1. The molecule has 21 heavy (non-hydrogen) atoms. The van der Waals surface area contributed by atoms with E-state index in [9.17, 15) is 0 Å². The lowest BCUT2D eigenvalue weighted by molar-refractivity contribution is 0.166. The van der Waals surface area contributed by atoms with E-state index in [1.807, 2.05) is 36.5 Å². The highest BCUT2D eigenvalue weighted by atomic mass is 15.5. The van der Waals surface area contributed by atoms with Crippen LogP contribution >= 0.6 is 0 Å². The molecule has 0 aliphatic heterocycles. The van der Waals surface area contributed by atoms with Crippen molar-refractivity contribution in [3.63, 3.8) is 0 Å². The minimum atomic E-state index is 0.383. The van der Waals surface area contributed by atoms with Gasteiger partial charge in [0.2, 0.25) is 0 Å². The van der Waals surface area contributed by atoms with Crippen LogP contribution in [0, 0.1) is 5.41 Å². The Morgan fingerprint density at radius 3 is 2.81 bits per heavy atom. The highest BCUT2D eigenvalue weighted by molar-refractivity contribution is 5.28. The topological polar surface area (TPSA) is 42.7 Å². The molecule has 1 heterocycles. The van der Waals surface area contributed by atoms with E-state index in [-0.39, 0.29) is 0 Å². The van der Waals surface area contributed by atoms with Crippen molar-refractivity contribution in [3.05, 3.63) is 42.2 Å². The molecule has 1 aromatic heterocycles. The molecular weight excluding hydrogens is 260 g/mol. The van der Waals surface area contributed by atoms with E-state index in [4.69, 9.17) is 0 Å². The van der Waals surface area contributed by atoms with Gasteiger partial charge >= 0.3 is 0 Å². The van der Waals surface area contributed by atoms with Crippen LogP contribution in [0.5, 0.6) is 0 Å². The van der Waals surface area contributed by atoms with Crippen LogP contribution in [0.15, 0.2) is 36.5 Å². The Bertz CT molecular complexity index is 573. The third-order valence-corrected chi connectivity index (χ3v) is 4.56. The third-order valence-electron chi connectivity index (χ3n) is 4.56. The Morgan fingerprint density at radius 2 is 2.05 bits per heavy atom. The van der Waals surface area contributed by atoms with Crippen molar-refractivity contribution >= 4 is 0 Å². The van der Waals surface area contributed by atoms with Gasteiger partial charge in [0.1, 0.15) is 0 Å². The van der Waals surface area contributed by atoms with E-state index < -0.39 is 0 Å². The van der Waals surface area contributed by atoms with Crippen LogP contribution in [-0.4, -0.2) is 21.0 Å². The van der Waals surface area contributed by atoms with Gasteiger partial charge in [0.25, 0.3) is 0 Å². The number of benzene rings is 1. The molecule has 0 radical (unpaired) electrons. The lowest BCUT2D eigenvalue weighted by Crippen LogP contribution is -2.43. The molecule has 4 nitrogen and oxygen atoms in total. The van der Waals surface area contributed by atoms with Crippen molar-refractivity contribution < 1.29 is 0 Å². The second-order valence-electron chi connectivity index (χ2n) is 6.63. The van der Waals surface area contributed by atoms with Crippen molar-refractivity contribution in [2.75, 3.05) is 0 Å². The fraction of sp³-hybridized carbons (Fsp3) is 0.529. The predicted molar refractivity (Wildman–Crippen MR) is 84.2 cm³/mol. The summed E-state index contributed by atoms with van der Waals surface area (Å²) >= 11 is 0. The second kappa shape index (κ2) is 5.98. The fourth-order valence-corrected chi connectivity index (χ4v) is 3.16. The number of hydrogen-bond donors (Lipinski definition) is 1. The number of hydrogen-bond acceptors (Lipinski definition) is 3. The van der Waals surface area contributed by atoms with Crippen molar-refractivity contribution in [1.82, 2.24) is 20.3 Å². The van der Waals surface area contributed by atoms with Crippen LogP contribution in [0.1, 0.15) is 45.2 Å². The zero-order valence-electron chi connectivity index (χ0n) is 12.9. The fourth-order valence-electron chi connectivity index (χ4n) is 3.16. The monoisotopic (exact) mass is 284 g/mol. The summed E-state index contributed by atoms with van der Waals surface area (Å²) in [6, 6.07) is 10.6. The molecule has 1 aromatic carbocycles. The SMILES string of the molecule is CC1(C)CCCCC1NCc1cnn(-c2ccccc2)n1. The summed E-state index contributed by atoms with van der Waals surface area (Å²) in [6.45, 7) is 5.52. The summed E-state index contributed by atoms with van der Waals surface area (Å²) < 4.78 is 0. The Kier molecular flexibility index (Phi) is 4.06. The highest BCUT2D eigenvalue weighted by Crippen LogP contribution is 2.35. The van der Waals surface area contributed by atoms with E-state index in [2.05, 4.69) is 29.4 Å². The molecule has 3 rings (SSSR count). The molecule has 2 aromatic rings. The van der Waals surface area contributed by atoms with Gasteiger partial charge in [-0.1, -0.05) is 44.9 Å². The van der Waals surface area contributed by atoms with Gasteiger partial charge in [-0.05, 0) is 30.4 Å². The molecule has 112 valence electrons. The molecule has 1 fully saturated rings. The predicted octanol–water partition coefficient (Wildman–Crippen LogP) is 3.33. The van der Waals surface area contributed by atoms with Crippen LogP contribution in [0.4, 0.5) is 0 Å². The first-order valence-corrected chi connectivity index (χ1v) is 7.85. The average molecular weight is 284 g/mol. The average Bonchev–Trinajstić information content (AvgIpc) is 2.95. The third kappa shape index (κ3) is 3.32. The standard InChI is InChI=1S/C17H24N4/c1-17(2)11-7-6-10-16(17)18-12-14-13-19-21(20-14)15-8-4-3-5-9-15/h3-5,8-9,13,16,18H,6-7,10-12H2,1-2H3. The van der Waals surface area contributed by atoms with Gasteiger partial charge in [-0.15, -0.1) is 0 Å². The lowest BCUT2D eigenvalue weighted by atomic mass is 9.73. The van der Waals surface area contributed by atoms with Gasteiger partial charge < -0.3 is 5.32 Å². The summed E-state index contributed by atoms with van der Waals surface area (Å²) in [5, 5.41) is 12.6. The molecule has 0 spiro atoms. The molecule has 1 aliphatic rings. The number of rotatable bonds is 4. The number of nitrogens with zero attached hydrogens (tertiary/aromatic N) is 3. The van der Waals surface area contributed by atoms with E-state index >= 15 is 0 Å². The minimum Gasteiger partial charge on any atom is -0.308 e. The van der Waals surface area contributed by atoms with Crippen molar-refractivity contribution in [1.29, 1.82) is 0 Å². The zero-order valence-corrected chi connectivity index (χ0v) is 12.9. The normalized spacial score (nSPS) is 21.3. The molecule has 1 atom stereocenters. The van der Waals surface area contributed by atoms with Gasteiger partial charge in [0.05, 0.1) is 17.6 Å². The molecular formula is C17H24N4. The van der Waals surface area contributed by atoms with Crippen molar-refractivity contribution in [3.8, 4) is 5.69 Å². The Labute approximate surface area is 126 Å². The van der Waals surface area contributed by atoms with Gasteiger partial charge in [-0.25, -0.2) is 0 Å². The van der Waals surface area contributed by atoms with Crippen LogP contribution in [-0.2, 0) is 6.54 Å². The van der Waals surface area contributed by atoms with E-state index in [0.29, 0.717) is 11.5 Å². The number of aromatic nitrogens is 3. The minimum absolute atomic E-state index is 0.383. The molecule has 1 N–H and O–H groups in total. The largest absolute Gasteiger partial charge is 0.308 e.